The lowest BCUT2D eigenvalue weighted by atomic mass is 9.94. The Morgan fingerprint density at radius 1 is 1.39 bits per heavy atom. The number of nitrogens with zero attached hydrogens (tertiary/aromatic N) is 1. The Hall–Kier alpha value is -0.610. The zero-order valence-electron chi connectivity index (χ0n) is 11.7. The quantitative estimate of drug-likeness (QED) is 0.783. The zero-order chi connectivity index (χ0) is 13.0. The molecule has 2 rings (SSSR count). The van der Waals surface area contributed by atoms with E-state index in [2.05, 4.69) is 29.5 Å². The molecule has 3 unspecified atom stereocenters. The first-order valence-corrected chi connectivity index (χ1v) is 7.35. The molecular weight excluding hydrogens is 226 g/mol. The Morgan fingerprint density at radius 3 is 2.89 bits per heavy atom. The summed E-state index contributed by atoms with van der Waals surface area (Å²) in [6, 6.07) is 0.570. The van der Waals surface area contributed by atoms with Crippen molar-refractivity contribution in [2.75, 3.05) is 33.2 Å². The SMILES string of the molecule is CC1CCC(C(=O)NCC2CCCN(C)C2)CN1. The Balaban J connectivity index is 1.68. The zero-order valence-corrected chi connectivity index (χ0v) is 11.7. The molecule has 2 aliphatic rings. The van der Waals surface area contributed by atoms with Gasteiger partial charge in [0.25, 0.3) is 0 Å². The van der Waals surface area contributed by atoms with Gasteiger partial charge in [-0.1, -0.05) is 0 Å². The summed E-state index contributed by atoms with van der Waals surface area (Å²) >= 11 is 0. The van der Waals surface area contributed by atoms with E-state index in [9.17, 15) is 4.79 Å². The Morgan fingerprint density at radius 2 is 2.22 bits per heavy atom. The van der Waals surface area contributed by atoms with E-state index in [-0.39, 0.29) is 11.8 Å². The molecule has 2 aliphatic heterocycles. The number of carbonyl (C=O) groups is 1. The van der Waals surface area contributed by atoms with Gasteiger partial charge in [0.05, 0.1) is 5.92 Å². The molecular formula is C14H27N3O. The van der Waals surface area contributed by atoms with Crippen molar-refractivity contribution in [2.45, 2.75) is 38.6 Å². The lowest BCUT2D eigenvalue weighted by Gasteiger charge is -2.31. The number of piperidine rings is 2. The molecule has 4 nitrogen and oxygen atoms in total. The first kappa shape index (κ1) is 13.8. The number of nitrogens with one attached hydrogen (secondary N) is 2. The van der Waals surface area contributed by atoms with E-state index in [1.54, 1.807) is 0 Å². The van der Waals surface area contributed by atoms with Gasteiger partial charge in [0, 0.05) is 25.7 Å². The summed E-state index contributed by atoms with van der Waals surface area (Å²) in [4.78, 5) is 14.4. The first-order chi connectivity index (χ1) is 8.65. The maximum Gasteiger partial charge on any atom is 0.224 e. The second-order valence-electron chi connectivity index (χ2n) is 6.10. The minimum absolute atomic E-state index is 0.183. The van der Waals surface area contributed by atoms with E-state index in [4.69, 9.17) is 0 Å². The molecule has 0 aromatic heterocycles. The summed E-state index contributed by atoms with van der Waals surface area (Å²) in [5, 5.41) is 6.54. The van der Waals surface area contributed by atoms with Crippen molar-refractivity contribution in [3.05, 3.63) is 0 Å². The molecule has 0 aromatic carbocycles. The Bertz CT molecular complexity index is 274. The smallest absolute Gasteiger partial charge is 0.224 e. The van der Waals surface area contributed by atoms with E-state index in [0.717, 1.165) is 32.5 Å². The fourth-order valence-corrected chi connectivity index (χ4v) is 3.05. The normalized spacial score (nSPS) is 34.2. The predicted molar refractivity (Wildman–Crippen MR) is 73.4 cm³/mol. The van der Waals surface area contributed by atoms with Gasteiger partial charge in [-0.2, -0.15) is 0 Å². The molecule has 0 aromatic rings. The lowest BCUT2D eigenvalue weighted by molar-refractivity contribution is -0.125. The maximum atomic E-state index is 12.1. The molecule has 1 amide bonds. The van der Waals surface area contributed by atoms with Crippen LogP contribution in [0.5, 0.6) is 0 Å². The lowest BCUT2D eigenvalue weighted by Crippen LogP contribution is -2.46. The highest BCUT2D eigenvalue weighted by atomic mass is 16.1. The summed E-state index contributed by atoms with van der Waals surface area (Å²) < 4.78 is 0. The minimum atomic E-state index is 0.183. The second-order valence-corrected chi connectivity index (χ2v) is 6.10. The number of hydrogen-bond donors (Lipinski definition) is 2. The van der Waals surface area contributed by atoms with Crippen LogP contribution >= 0.6 is 0 Å². The summed E-state index contributed by atoms with van der Waals surface area (Å²) in [7, 11) is 2.17. The largest absolute Gasteiger partial charge is 0.355 e. The monoisotopic (exact) mass is 253 g/mol. The van der Waals surface area contributed by atoms with Crippen LogP contribution < -0.4 is 10.6 Å². The molecule has 0 radical (unpaired) electrons. The Kier molecular flexibility index (Phi) is 5.01. The molecule has 2 heterocycles. The molecule has 2 fully saturated rings. The van der Waals surface area contributed by atoms with E-state index >= 15 is 0 Å². The van der Waals surface area contributed by atoms with E-state index < -0.39 is 0 Å². The maximum absolute atomic E-state index is 12.1. The van der Waals surface area contributed by atoms with E-state index in [1.165, 1.54) is 19.4 Å². The summed E-state index contributed by atoms with van der Waals surface area (Å²) in [5.74, 6) is 1.08. The van der Waals surface area contributed by atoms with E-state index in [1.807, 2.05) is 0 Å². The van der Waals surface area contributed by atoms with Crippen LogP contribution in [0.2, 0.25) is 0 Å². The molecule has 0 saturated carbocycles. The summed E-state index contributed by atoms with van der Waals surface area (Å²) in [6.07, 6.45) is 4.67. The van der Waals surface area contributed by atoms with Crippen LogP contribution in [0.1, 0.15) is 32.6 Å². The Labute approximate surface area is 110 Å². The van der Waals surface area contributed by atoms with Crippen molar-refractivity contribution in [1.82, 2.24) is 15.5 Å². The van der Waals surface area contributed by atoms with Crippen LogP contribution in [0.25, 0.3) is 0 Å². The van der Waals surface area contributed by atoms with Crippen molar-refractivity contribution in [1.29, 1.82) is 0 Å². The summed E-state index contributed by atoms with van der Waals surface area (Å²) in [6.45, 7) is 6.22. The highest BCUT2D eigenvalue weighted by molar-refractivity contribution is 5.79. The van der Waals surface area contributed by atoms with Crippen LogP contribution in [0, 0.1) is 11.8 Å². The number of rotatable bonds is 3. The van der Waals surface area contributed by atoms with Crippen molar-refractivity contribution >= 4 is 5.91 Å². The van der Waals surface area contributed by atoms with Crippen molar-refractivity contribution in [3.8, 4) is 0 Å². The van der Waals surface area contributed by atoms with Gasteiger partial charge in [0.15, 0.2) is 0 Å². The average molecular weight is 253 g/mol. The minimum Gasteiger partial charge on any atom is -0.355 e. The van der Waals surface area contributed by atoms with E-state index in [0.29, 0.717) is 12.0 Å². The van der Waals surface area contributed by atoms with Crippen LogP contribution in [0.4, 0.5) is 0 Å². The van der Waals surface area contributed by atoms with Gasteiger partial charge in [-0.15, -0.1) is 0 Å². The van der Waals surface area contributed by atoms with Gasteiger partial charge in [-0.05, 0) is 52.1 Å². The molecule has 0 spiro atoms. The molecule has 3 atom stereocenters. The van der Waals surface area contributed by atoms with Crippen LogP contribution in [0.15, 0.2) is 0 Å². The fourth-order valence-electron chi connectivity index (χ4n) is 3.05. The average Bonchev–Trinajstić information content (AvgIpc) is 2.37. The standard InChI is InChI=1S/C14H27N3O/c1-11-5-6-13(9-15-11)14(18)16-8-12-4-3-7-17(2)10-12/h11-13,15H,3-10H2,1-2H3,(H,16,18). The van der Waals surface area contributed by atoms with Gasteiger partial charge in [-0.3, -0.25) is 4.79 Å². The number of carbonyl (C=O) groups excluding carboxylic acids is 1. The molecule has 104 valence electrons. The molecule has 18 heavy (non-hydrogen) atoms. The predicted octanol–water partition coefficient (Wildman–Crippen LogP) is 0.833. The number of amides is 1. The molecule has 0 aliphatic carbocycles. The van der Waals surface area contributed by atoms with Crippen molar-refractivity contribution < 1.29 is 4.79 Å². The van der Waals surface area contributed by atoms with Crippen molar-refractivity contribution in [3.63, 3.8) is 0 Å². The fraction of sp³-hybridized carbons (Fsp3) is 0.929. The number of hydrogen-bond acceptors (Lipinski definition) is 3. The topological polar surface area (TPSA) is 44.4 Å². The van der Waals surface area contributed by atoms with Gasteiger partial charge < -0.3 is 15.5 Å². The van der Waals surface area contributed by atoms with Gasteiger partial charge in [-0.25, -0.2) is 0 Å². The van der Waals surface area contributed by atoms with Crippen LogP contribution in [-0.2, 0) is 4.79 Å². The third-order valence-electron chi connectivity index (χ3n) is 4.32. The second kappa shape index (κ2) is 6.53. The molecule has 2 N–H and O–H groups in total. The number of likely N-dealkylation sites (tertiary alicyclic amines) is 1. The highest BCUT2D eigenvalue weighted by Gasteiger charge is 2.25. The highest BCUT2D eigenvalue weighted by Crippen LogP contribution is 2.16. The summed E-state index contributed by atoms with van der Waals surface area (Å²) in [5.41, 5.74) is 0. The van der Waals surface area contributed by atoms with Crippen LogP contribution in [-0.4, -0.2) is 50.1 Å². The molecule has 4 heteroatoms. The third-order valence-corrected chi connectivity index (χ3v) is 4.32. The third kappa shape index (κ3) is 3.95. The van der Waals surface area contributed by atoms with Crippen LogP contribution in [0.3, 0.4) is 0 Å². The molecule has 2 saturated heterocycles. The first-order valence-electron chi connectivity index (χ1n) is 7.35. The van der Waals surface area contributed by atoms with Crippen molar-refractivity contribution in [2.24, 2.45) is 11.8 Å². The van der Waals surface area contributed by atoms with Gasteiger partial charge >= 0.3 is 0 Å². The van der Waals surface area contributed by atoms with Gasteiger partial charge in [0.2, 0.25) is 5.91 Å². The van der Waals surface area contributed by atoms with Gasteiger partial charge in [0.1, 0.15) is 0 Å². The molecule has 0 bridgehead atoms.